The van der Waals surface area contributed by atoms with Crippen LogP contribution in [0.4, 0.5) is 0 Å². The van der Waals surface area contributed by atoms with Crippen LogP contribution in [0.3, 0.4) is 0 Å². The molecule has 0 amide bonds. The molecule has 1 heterocycles. The molecule has 0 spiro atoms. The van der Waals surface area contributed by atoms with Gasteiger partial charge in [-0.05, 0) is 29.1 Å². The fourth-order valence-electron chi connectivity index (χ4n) is 1.64. The SMILES string of the molecule is COC(=O)CC(O)c1ccc2[nH]ccc2c1. The number of H-pyrrole nitrogens is 1. The van der Waals surface area contributed by atoms with Crippen molar-refractivity contribution in [1.82, 2.24) is 4.98 Å². The lowest BCUT2D eigenvalue weighted by Gasteiger charge is -2.09. The van der Waals surface area contributed by atoms with Gasteiger partial charge in [-0.2, -0.15) is 0 Å². The average Bonchev–Trinajstić information content (AvgIpc) is 2.75. The van der Waals surface area contributed by atoms with Crippen LogP contribution in [0.1, 0.15) is 18.1 Å². The molecule has 84 valence electrons. The summed E-state index contributed by atoms with van der Waals surface area (Å²) in [6, 6.07) is 7.46. The first kappa shape index (κ1) is 10.7. The number of carbonyl (C=O) groups excluding carboxylic acids is 1. The zero-order valence-electron chi connectivity index (χ0n) is 8.93. The fourth-order valence-corrected chi connectivity index (χ4v) is 1.64. The quantitative estimate of drug-likeness (QED) is 0.773. The Morgan fingerprint density at radius 2 is 2.31 bits per heavy atom. The van der Waals surface area contributed by atoms with Crippen LogP contribution in [0.15, 0.2) is 30.5 Å². The molecule has 2 aromatic rings. The number of methoxy groups -OCH3 is 1. The van der Waals surface area contributed by atoms with Crippen molar-refractivity contribution in [3.05, 3.63) is 36.0 Å². The molecule has 0 aliphatic rings. The minimum Gasteiger partial charge on any atom is -0.469 e. The van der Waals surface area contributed by atoms with Crippen molar-refractivity contribution in [3.63, 3.8) is 0 Å². The van der Waals surface area contributed by atoms with E-state index in [0.717, 1.165) is 16.5 Å². The van der Waals surface area contributed by atoms with Crippen molar-refractivity contribution < 1.29 is 14.6 Å². The second kappa shape index (κ2) is 4.37. The van der Waals surface area contributed by atoms with Gasteiger partial charge in [0.15, 0.2) is 0 Å². The molecule has 0 fully saturated rings. The lowest BCUT2D eigenvalue weighted by Crippen LogP contribution is -2.07. The van der Waals surface area contributed by atoms with Gasteiger partial charge in [-0.1, -0.05) is 6.07 Å². The number of ether oxygens (including phenoxy) is 1. The van der Waals surface area contributed by atoms with Gasteiger partial charge in [0.2, 0.25) is 0 Å². The summed E-state index contributed by atoms with van der Waals surface area (Å²) in [5.74, 6) is -0.415. The Morgan fingerprint density at radius 3 is 3.06 bits per heavy atom. The zero-order valence-corrected chi connectivity index (χ0v) is 8.93. The van der Waals surface area contributed by atoms with Crippen molar-refractivity contribution in [2.45, 2.75) is 12.5 Å². The van der Waals surface area contributed by atoms with Gasteiger partial charge in [-0.25, -0.2) is 0 Å². The number of aromatic amines is 1. The Hall–Kier alpha value is -1.81. The summed E-state index contributed by atoms with van der Waals surface area (Å²) in [6.45, 7) is 0. The summed E-state index contributed by atoms with van der Waals surface area (Å²) in [6.07, 6.45) is 1.000. The molecule has 1 aromatic carbocycles. The highest BCUT2D eigenvalue weighted by Gasteiger charge is 2.13. The van der Waals surface area contributed by atoms with E-state index in [9.17, 15) is 9.90 Å². The van der Waals surface area contributed by atoms with E-state index in [2.05, 4.69) is 9.72 Å². The molecular weight excluding hydrogens is 206 g/mol. The molecule has 1 aromatic heterocycles. The molecule has 4 heteroatoms. The van der Waals surface area contributed by atoms with Gasteiger partial charge >= 0.3 is 5.97 Å². The summed E-state index contributed by atoms with van der Waals surface area (Å²) >= 11 is 0. The van der Waals surface area contributed by atoms with Crippen LogP contribution >= 0.6 is 0 Å². The van der Waals surface area contributed by atoms with Crippen LogP contribution in [-0.2, 0) is 9.53 Å². The van der Waals surface area contributed by atoms with E-state index in [4.69, 9.17) is 0 Å². The third-order valence-electron chi connectivity index (χ3n) is 2.55. The normalized spacial score (nSPS) is 12.6. The molecule has 0 radical (unpaired) electrons. The maximum absolute atomic E-state index is 11.0. The van der Waals surface area contributed by atoms with Gasteiger partial charge < -0.3 is 14.8 Å². The minimum absolute atomic E-state index is 0.0214. The van der Waals surface area contributed by atoms with Crippen LogP contribution in [0.2, 0.25) is 0 Å². The molecule has 2 rings (SSSR count). The van der Waals surface area contributed by atoms with Crippen LogP contribution in [0.25, 0.3) is 10.9 Å². The first-order valence-corrected chi connectivity index (χ1v) is 5.02. The molecule has 0 aliphatic heterocycles. The van der Waals surface area contributed by atoms with Gasteiger partial charge in [0.25, 0.3) is 0 Å². The summed E-state index contributed by atoms with van der Waals surface area (Å²) < 4.78 is 4.51. The number of carbonyl (C=O) groups is 1. The Bertz CT molecular complexity index is 504. The third-order valence-corrected chi connectivity index (χ3v) is 2.55. The van der Waals surface area contributed by atoms with E-state index in [1.54, 1.807) is 6.07 Å². The van der Waals surface area contributed by atoms with Gasteiger partial charge in [-0.15, -0.1) is 0 Å². The molecule has 4 nitrogen and oxygen atoms in total. The monoisotopic (exact) mass is 219 g/mol. The maximum Gasteiger partial charge on any atom is 0.308 e. The molecule has 0 saturated heterocycles. The van der Waals surface area contributed by atoms with Gasteiger partial charge in [0.1, 0.15) is 0 Å². The second-order valence-electron chi connectivity index (χ2n) is 3.62. The molecule has 16 heavy (non-hydrogen) atoms. The van der Waals surface area contributed by atoms with Crippen LogP contribution in [0.5, 0.6) is 0 Å². The largest absolute Gasteiger partial charge is 0.469 e. The molecular formula is C12H13NO3. The number of nitrogens with one attached hydrogen (secondary N) is 1. The fraction of sp³-hybridized carbons (Fsp3) is 0.250. The Balaban J connectivity index is 2.22. The molecule has 0 saturated carbocycles. The Labute approximate surface area is 92.9 Å². The van der Waals surface area contributed by atoms with E-state index in [0.29, 0.717) is 0 Å². The maximum atomic E-state index is 11.0. The van der Waals surface area contributed by atoms with Crippen molar-refractivity contribution in [2.75, 3.05) is 7.11 Å². The topological polar surface area (TPSA) is 62.3 Å². The average molecular weight is 219 g/mol. The number of benzene rings is 1. The highest BCUT2D eigenvalue weighted by molar-refractivity contribution is 5.80. The lowest BCUT2D eigenvalue weighted by atomic mass is 10.1. The minimum atomic E-state index is -0.813. The summed E-state index contributed by atoms with van der Waals surface area (Å²) in [5, 5.41) is 10.8. The van der Waals surface area contributed by atoms with Crippen molar-refractivity contribution in [3.8, 4) is 0 Å². The first-order valence-electron chi connectivity index (χ1n) is 5.02. The number of rotatable bonds is 3. The lowest BCUT2D eigenvalue weighted by molar-refractivity contribution is -0.142. The Kier molecular flexibility index (Phi) is 2.92. The van der Waals surface area contributed by atoms with Crippen LogP contribution < -0.4 is 0 Å². The van der Waals surface area contributed by atoms with E-state index >= 15 is 0 Å². The van der Waals surface area contributed by atoms with Crippen molar-refractivity contribution in [2.24, 2.45) is 0 Å². The van der Waals surface area contributed by atoms with E-state index in [-0.39, 0.29) is 6.42 Å². The van der Waals surface area contributed by atoms with Crippen molar-refractivity contribution >= 4 is 16.9 Å². The third kappa shape index (κ3) is 2.06. The van der Waals surface area contributed by atoms with E-state index in [1.807, 2.05) is 24.4 Å². The summed E-state index contributed by atoms with van der Waals surface area (Å²) in [7, 11) is 1.31. The Morgan fingerprint density at radius 1 is 1.50 bits per heavy atom. The number of hydrogen-bond acceptors (Lipinski definition) is 3. The van der Waals surface area contributed by atoms with E-state index in [1.165, 1.54) is 7.11 Å². The number of aliphatic hydroxyl groups is 1. The zero-order chi connectivity index (χ0) is 11.5. The van der Waals surface area contributed by atoms with Gasteiger partial charge in [0.05, 0.1) is 19.6 Å². The van der Waals surface area contributed by atoms with Crippen molar-refractivity contribution in [1.29, 1.82) is 0 Å². The summed E-state index contributed by atoms with van der Waals surface area (Å²) in [4.78, 5) is 14.1. The summed E-state index contributed by atoms with van der Waals surface area (Å²) in [5.41, 5.74) is 1.73. The number of hydrogen-bond donors (Lipinski definition) is 2. The first-order chi connectivity index (χ1) is 7.70. The predicted octanol–water partition coefficient (Wildman–Crippen LogP) is 1.76. The standard InChI is InChI=1S/C12H13NO3/c1-16-12(15)7-11(14)9-2-3-10-8(6-9)4-5-13-10/h2-6,11,13-14H,7H2,1H3. The van der Waals surface area contributed by atoms with Crippen LogP contribution in [-0.4, -0.2) is 23.2 Å². The smallest absolute Gasteiger partial charge is 0.308 e. The molecule has 1 atom stereocenters. The highest BCUT2D eigenvalue weighted by atomic mass is 16.5. The highest BCUT2D eigenvalue weighted by Crippen LogP contribution is 2.21. The number of fused-ring (bicyclic) bond motifs is 1. The van der Waals surface area contributed by atoms with Gasteiger partial charge in [0, 0.05) is 11.7 Å². The number of esters is 1. The molecule has 2 N–H and O–H groups in total. The number of aliphatic hydroxyl groups excluding tert-OH is 1. The molecule has 0 aliphatic carbocycles. The van der Waals surface area contributed by atoms with Crippen LogP contribution in [0, 0.1) is 0 Å². The second-order valence-corrected chi connectivity index (χ2v) is 3.62. The van der Waals surface area contributed by atoms with Gasteiger partial charge in [-0.3, -0.25) is 4.79 Å². The molecule has 0 bridgehead atoms. The van der Waals surface area contributed by atoms with E-state index < -0.39 is 12.1 Å². The number of aromatic nitrogens is 1. The molecule has 1 unspecified atom stereocenters. The predicted molar refractivity (Wildman–Crippen MR) is 59.9 cm³/mol.